The third kappa shape index (κ3) is 4.21. The van der Waals surface area contributed by atoms with Crippen molar-refractivity contribution >= 4 is 11.7 Å². The molecule has 1 aromatic heterocycles. The van der Waals surface area contributed by atoms with E-state index in [-0.39, 0.29) is 11.6 Å². The van der Waals surface area contributed by atoms with Crippen LogP contribution in [0.1, 0.15) is 54.1 Å². The third-order valence-electron chi connectivity index (χ3n) is 5.46. The first-order valence-corrected chi connectivity index (χ1v) is 9.63. The number of benzene rings is 1. The normalized spacial score (nSPS) is 15.8. The molecule has 0 aliphatic heterocycles. The average Bonchev–Trinajstić information content (AvgIpc) is 2.70. The highest BCUT2D eigenvalue weighted by Crippen LogP contribution is 2.25. The molecule has 0 N–H and O–H groups in total. The summed E-state index contributed by atoms with van der Waals surface area (Å²) in [6, 6.07) is 6.90. The number of rotatable bonds is 5. The lowest BCUT2D eigenvalue weighted by atomic mass is 9.93. The molecule has 2 aromatic rings. The minimum atomic E-state index is -1.30. The standard InChI is InChI=1S/C22H25FN2O3/c1-15-12-13-25(19(26)14-15)20(21(27)16-8-10-17(23)11-9-16)22(28)24(2)18-6-4-3-5-7-18/h8-14,18,20H,3-7H2,1-2H3/t20-/m0/s1. The largest absolute Gasteiger partial charge is 0.341 e. The van der Waals surface area contributed by atoms with E-state index in [4.69, 9.17) is 0 Å². The molecule has 1 amide bonds. The van der Waals surface area contributed by atoms with Gasteiger partial charge >= 0.3 is 0 Å². The molecule has 0 unspecified atom stereocenters. The second-order valence-corrected chi connectivity index (χ2v) is 7.46. The fourth-order valence-electron chi connectivity index (χ4n) is 3.77. The number of hydrogen-bond donors (Lipinski definition) is 0. The molecule has 5 nitrogen and oxygen atoms in total. The molecule has 28 heavy (non-hydrogen) atoms. The molecule has 1 aromatic carbocycles. The van der Waals surface area contributed by atoms with Crippen molar-refractivity contribution in [2.75, 3.05) is 7.05 Å². The number of nitrogens with zero attached hydrogens (tertiary/aromatic N) is 2. The number of likely N-dealkylation sites (N-methyl/N-ethyl adjacent to an activating group) is 1. The zero-order valence-corrected chi connectivity index (χ0v) is 16.2. The van der Waals surface area contributed by atoms with Crippen LogP contribution in [0.4, 0.5) is 4.39 Å². The summed E-state index contributed by atoms with van der Waals surface area (Å²) in [6.07, 6.45) is 6.50. The van der Waals surface area contributed by atoms with Crippen LogP contribution in [-0.2, 0) is 4.79 Å². The van der Waals surface area contributed by atoms with Gasteiger partial charge in [-0.1, -0.05) is 19.3 Å². The fraction of sp³-hybridized carbons (Fsp3) is 0.409. The monoisotopic (exact) mass is 384 g/mol. The van der Waals surface area contributed by atoms with Gasteiger partial charge in [0.2, 0.25) is 0 Å². The van der Waals surface area contributed by atoms with Gasteiger partial charge in [-0.3, -0.25) is 19.0 Å². The topological polar surface area (TPSA) is 59.4 Å². The van der Waals surface area contributed by atoms with Crippen LogP contribution in [0, 0.1) is 12.7 Å². The number of aryl methyl sites for hydroxylation is 1. The maximum absolute atomic E-state index is 13.3. The number of hydrogen-bond acceptors (Lipinski definition) is 3. The number of amides is 1. The maximum Gasteiger partial charge on any atom is 0.253 e. The lowest BCUT2D eigenvalue weighted by molar-refractivity contribution is -0.134. The van der Waals surface area contributed by atoms with E-state index >= 15 is 0 Å². The van der Waals surface area contributed by atoms with Crippen molar-refractivity contribution in [1.82, 2.24) is 9.47 Å². The minimum Gasteiger partial charge on any atom is -0.341 e. The highest BCUT2D eigenvalue weighted by molar-refractivity contribution is 6.11. The van der Waals surface area contributed by atoms with Crippen LogP contribution in [0.2, 0.25) is 0 Å². The van der Waals surface area contributed by atoms with Gasteiger partial charge in [-0.25, -0.2) is 4.39 Å². The maximum atomic E-state index is 13.3. The SMILES string of the molecule is Cc1ccn([C@@H](C(=O)c2ccc(F)cc2)C(=O)N(C)C2CCCCC2)c(=O)c1. The Morgan fingerprint density at radius 2 is 1.75 bits per heavy atom. The molecule has 1 aliphatic rings. The van der Waals surface area contributed by atoms with Crippen molar-refractivity contribution < 1.29 is 14.0 Å². The van der Waals surface area contributed by atoms with Gasteiger partial charge in [0.1, 0.15) is 5.82 Å². The first-order chi connectivity index (χ1) is 13.4. The summed E-state index contributed by atoms with van der Waals surface area (Å²) < 4.78 is 14.5. The summed E-state index contributed by atoms with van der Waals surface area (Å²) in [5.74, 6) is -1.39. The number of aromatic nitrogens is 1. The number of carbonyl (C=O) groups excluding carboxylic acids is 2. The Morgan fingerprint density at radius 1 is 1.11 bits per heavy atom. The van der Waals surface area contributed by atoms with E-state index in [1.54, 1.807) is 24.9 Å². The number of carbonyl (C=O) groups is 2. The summed E-state index contributed by atoms with van der Waals surface area (Å²) in [4.78, 5) is 40.7. The first kappa shape index (κ1) is 20.0. The second-order valence-electron chi connectivity index (χ2n) is 7.46. The van der Waals surface area contributed by atoms with E-state index in [1.807, 2.05) is 0 Å². The molecule has 0 spiro atoms. The Bertz CT molecular complexity index is 914. The molecule has 1 heterocycles. The van der Waals surface area contributed by atoms with Crippen LogP contribution in [0.25, 0.3) is 0 Å². The average molecular weight is 384 g/mol. The minimum absolute atomic E-state index is 0.0610. The van der Waals surface area contributed by atoms with Crippen LogP contribution in [-0.4, -0.2) is 34.2 Å². The highest BCUT2D eigenvalue weighted by Gasteiger charge is 2.35. The van der Waals surface area contributed by atoms with E-state index in [9.17, 15) is 18.8 Å². The number of halogens is 1. The van der Waals surface area contributed by atoms with Gasteiger partial charge in [-0.15, -0.1) is 0 Å². The lowest BCUT2D eigenvalue weighted by Crippen LogP contribution is -2.46. The van der Waals surface area contributed by atoms with Gasteiger partial charge < -0.3 is 4.90 Å². The zero-order valence-electron chi connectivity index (χ0n) is 16.2. The Hall–Kier alpha value is -2.76. The Labute approximate surface area is 163 Å². The Kier molecular flexibility index (Phi) is 6.07. The lowest BCUT2D eigenvalue weighted by Gasteiger charge is -2.33. The van der Waals surface area contributed by atoms with Crippen LogP contribution in [0.3, 0.4) is 0 Å². The van der Waals surface area contributed by atoms with Crippen molar-refractivity contribution in [3.63, 3.8) is 0 Å². The summed E-state index contributed by atoms with van der Waals surface area (Å²) in [5, 5.41) is 0. The number of Topliss-reactive ketones (excluding diaryl/α,β-unsaturated/α-hetero) is 1. The molecule has 1 aliphatic carbocycles. The van der Waals surface area contributed by atoms with Crippen molar-refractivity contribution in [3.8, 4) is 0 Å². The van der Waals surface area contributed by atoms with Gasteiger partial charge in [0, 0.05) is 30.9 Å². The molecule has 148 valence electrons. The number of pyridine rings is 1. The van der Waals surface area contributed by atoms with Crippen LogP contribution in [0.5, 0.6) is 0 Å². The van der Waals surface area contributed by atoms with E-state index in [2.05, 4.69) is 0 Å². The third-order valence-corrected chi connectivity index (χ3v) is 5.46. The van der Waals surface area contributed by atoms with E-state index in [0.29, 0.717) is 0 Å². The van der Waals surface area contributed by atoms with Gasteiger partial charge in [0.05, 0.1) is 0 Å². The van der Waals surface area contributed by atoms with Crippen LogP contribution < -0.4 is 5.56 Å². The van der Waals surface area contributed by atoms with Crippen LogP contribution in [0.15, 0.2) is 47.4 Å². The molecule has 3 rings (SSSR count). The second kappa shape index (κ2) is 8.50. The van der Waals surface area contributed by atoms with E-state index in [1.165, 1.54) is 41.1 Å². The quantitative estimate of drug-likeness (QED) is 0.585. The van der Waals surface area contributed by atoms with Crippen molar-refractivity contribution in [1.29, 1.82) is 0 Å². The zero-order chi connectivity index (χ0) is 20.3. The molecule has 6 heteroatoms. The number of ketones is 1. The van der Waals surface area contributed by atoms with E-state index < -0.39 is 29.1 Å². The van der Waals surface area contributed by atoms with Crippen LogP contribution >= 0.6 is 0 Å². The van der Waals surface area contributed by atoms with Gasteiger partial charge in [0.25, 0.3) is 11.5 Å². The predicted octanol–water partition coefficient (Wildman–Crippen LogP) is 3.51. The molecular weight excluding hydrogens is 359 g/mol. The molecular formula is C22H25FN2O3. The Morgan fingerprint density at radius 3 is 2.36 bits per heavy atom. The molecule has 0 bridgehead atoms. The molecule has 1 atom stereocenters. The molecule has 1 fully saturated rings. The van der Waals surface area contributed by atoms with Crippen molar-refractivity contribution in [2.45, 2.75) is 51.1 Å². The highest BCUT2D eigenvalue weighted by atomic mass is 19.1. The summed E-state index contributed by atoms with van der Waals surface area (Å²) in [5.41, 5.74) is 0.539. The molecule has 1 saturated carbocycles. The van der Waals surface area contributed by atoms with Gasteiger partial charge in [0.15, 0.2) is 11.8 Å². The predicted molar refractivity (Wildman–Crippen MR) is 105 cm³/mol. The smallest absolute Gasteiger partial charge is 0.253 e. The summed E-state index contributed by atoms with van der Waals surface area (Å²) in [6.45, 7) is 1.78. The van der Waals surface area contributed by atoms with Crippen molar-refractivity contribution in [3.05, 3.63) is 69.9 Å². The van der Waals surface area contributed by atoms with Crippen molar-refractivity contribution in [2.24, 2.45) is 0 Å². The molecule has 0 saturated heterocycles. The summed E-state index contributed by atoms with van der Waals surface area (Å²) >= 11 is 0. The van der Waals surface area contributed by atoms with Gasteiger partial charge in [-0.2, -0.15) is 0 Å². The summed E-state index contributed by atoms with van der Waals surface area (Å²) in [7, 11) is 1.70. The fourth-order valence-corrected chi connectivity index (χ4v) is 3.77. The Balaban J connectivity index is 2.00. The van der Waals surface area contributed by atoms with E-state index in [0.717, 1.165) is 37.7 Å². The van der Waals surface area contributed by atoms with Gasteiger partial charge in [-0.05, 0) is 55.7 Å². The molecule has 0 radical (unpaired) electrons. The first-order valence-electron chi connectivity index (χ1n) is 9.63.